The summed E-state index contributed by atoms with van der Waals surface area (Å²) in [5.74, 6) is 0.439. The number of rotatable bonds is 2. The van der Waals surface area contributed by atoms with Gasteiger partial charge in [0.25, 0.3) is 5.91 Å². The summed E-state index contributed by atoms with van der Waals surface area (Å²) >= 11 is 0. The molecular formula is C21H19N5O. The maximum Gasteiger partial charge on any atom is 0.255 e. The van der Waals surface area contributed by atoms with Gasteiger partial charge in [0.1, 0.15) is 0 Å². The van der Waals surface area contributed by atoms with Crippen LogP contribution >= 0.6 is 0 Å². The highest BCUT2D eigenvalue weighted by Gasteiger charge is 2.25. The van der Waals surface area contributed by atoms with Gasteiger partial charge in [0.2, 0.25) is 0 Å². The second kappa shape index (κ2) is 6.46. The first-order valence-corrected chi connectivity index (χ1v) is 9.22. The van der Waals surface area contributed by atoms with E-state index in [4.69, 9.17) is 4.98 Å². The largest absolute Gasteiger partial charge is 0.339 e. The number of likely N-dealkylation sites (tertiary alicyclic amines) is 1. The summed E-state index contributed by atoms with van der Waals surface area (Å²) in [6.07, 6.45) is 7.24. The van der Waals surface area contributed by atoms with Crippen LogP contribution in [0, 0.1) is 0 Å². The lowest BCUT2D eigenvalue weighted by molar-refractivity contribution is 0.0712. The molecule has 0 atom stereocenters. The minimum absolute atomic E-state index is 0.0610. The number of hydrogen-bond donors (Lipinski definition) is 0. The Morgan fingerprint density at radius 1 is 1.07 bits per heavy atom. The molecule has 0 N–H and O–H groups in total. The number of fused-ring (bicyclic) bond motifs is 2. The van der Waals surface area contributed by atoms with E-state index in [0.717, 1.165) is 48.2 Å². The highest BCUT2D eigenvalue weighted by atomic mass is 16.2. The van der Waals surface area contributed by atoms with Crippen molar-refractivity contribution in [3.8, 4) is 0 Å². The first-order chi connectivity index (χ1) is 13.3. The molecule has 1 amide bonds. The van der Waals surface area contributed by atoms with Crippen molar-refractivity contribution in [2.45, 2.75) is 18.8 Å². The number of amides is 1. The molecule has 1 aliphatic rings. The van der Waals surface area contributed by atoms with Crippen molar-refractivity contribution >= 4 is 22.5 Å². The molecule has 0 spiro atoms. The predicted molar refractivity (Wildman–Crippen MR) is 103 cm³/mol. The molecule has 1 saturated heterocycles. The highest BCUT2D eigenvalue weighted by molar-refractivity contribution is 5.97. The SMILES string of the molecule is O=C(c1cnc2ccccc2c1)N1CCC(c2ccn3nccc3n2)CC1. The van der Waals surface area contributed by atoms with Crippen LogP contribution < -0.4 is 0 Å². The van der Waals surface area contributed by atoms with E-state index < -0.39 is 0 Å². The van der Waals surface area contributed by atoms with E-state index in [2.05, 4.69) is 10.1 Å². The van der Waals surface area contributed by atoms with Gasteiger partial charge in [-0.1, -0.05) is 18.2 Å². The van der Waals surface area contributed by atoms with Crippen molar-refractivity contribution < 1.29 is 4.79 Å². The Hall–Kier alpha value is -3.28. The quantitative estimate of drug-likeness (QED) is 0.552. The standard InChI is InChI=1S/C21H19N5O/c27-21(17-13-16-3-1-2-4-18(16)22-14-17)25-10-6-15(7-11-25)19-8-12-26-20(24-19)5-9-23-26/h1-5,8-9,12-15H,6-7,10-11H2. The average Bonchev–Trinajstić information content (AvgIpc) is 3.21. The van der Waals surface area contributed by atoms with Crippen LogP contribution in [0.2, 0.25) is 0 Å². The summed E-state index contributed by atoms with van der Waals surface area (Å²) in [7, 11) is 0. The number of benzene rings is 1. The monoisotopic (exact) mass is 357 g/mol. The molecule has 1 aromatic carbocycles. The molecule has 27 heavy (non-hydrogen) atoms. The minimum Gasteiger partial charge on any atom is -0.339 e. The number of piperidine rings is 1. The molecule has 4 heterocycles. The average molecular weight is 357 g/mol. The van der Waals surface area contributed by atoms with Gasteiger partial charge in [-0.2, -0.15) is 5.10 Å². The Morgan fingerprint density at radius 2 is 1.93 bits per heavy atom. The van der Waals surface area contributed by atoms with Gasteiger partial charge >= 0.3 is 0 Å². The molecule has 6 heteroatoms. The summed E-state index contributed by atoms with van der Waals surface area (Å²) in [6.45, 7) is 1.48. The lowest BCUT2D eigenvalue weighted by Gasteiger charge is -2.31. The highest BCUT2D eigenvalue weighted by Crippen LogP contribution is 2.28. The maximum atomic E-state index is 12.9. The fraction of sp³-hybridized carbons (Fsp3) is 0.238. The Balaban J connectivity index is 1.30. The van der Waals surface area contributed by atoms with Crippen molar-refractivity contribution in [2.75, 3.05) is 13.1 Å². The van der Waals surface area contributed by atoms with E-state index in [1.807, 2.05) is 53.6 Å². The van der Waals surface area contributed by atoms with E-state index >= 15 is 0 Å². The third-order valence-corrected chi connectivity index (χ3v) is 5.32. The molecule has 1 fully saturated rings. The summed E-state index contributed by atoms with van der Waals surface area (Å²) in [4.78, 5) is 23.9. The van der Waals surface area contributed by atoms with Crippen LogP contribution in [-0.4, -0.2) is 43.5 Å². The third-order valence-electron chi connectivity index (χ3n) is 5.32. The number of nitrogens with zero attached hydrogens (tertiary/aromatic N) is 5. The van der Waals surface area contributed by atoms with E-state index in [0.29, 0.717) is 11.5 Å². The van der Waals surface area contributed by atoms with Gasteiger partial charge in [-0.05, 0) is 31.0 Å². The first kappa shape index (κ1) is 15.9. The molecule has 6 nitrogen and oxygen atoms in total. The van der Waals surface area contributed by atoms with E-state index in [1.165, 1.54) is 0 Å². The van der Waals surface area contributed by atoms with Gasteiger partial charge in [-0.25, -0.2) is 9.50 Å². The topological polar surface area (TPSA) is 63.4 Å². The Labute approximate surface area is 156 Å². The van der Waals surface area contributed by atoms with Crippen LogP contribution in [0.15, 0.2) is 61.1 Å². The van der Waals surface area contributed by atoms with E-state index in [9.17, 15) is 4.79 Å². The van der Waals surface area contributed by atoms with E-state index in [1.54, 1.807) is 16.9 Å². The second-order valence-electron chi connectivity index (χ2n) is 6.97. The van der Waals surface area contributed by atoms with Crippen molar-refractivity contribution in [2.24, 2.45) is 0 Å². The Bertz CT molecular complexity index is 1130. The zero-order valence-electron chi connectivity index (χ0n) is 14.8. The lowest BCUT2D eigenvalue weighted by Crippen LogP contribution is -2.38. The second-order valence-corrected chi connectivity index (χ2v) is 6.97. The van der Waals surface area contributed by atoms with Crippen LogP contribution in [0.4, 0.5) is 0 Å². The molecule has 134 valence electrons. The number of aromatic nitrogens is 4. The number of pyridine rings is 1. The summed E-state index contributed by atoms with van der Waals surface area (Å²) in [6, 6.07) is 13.8. The molecule has 0 saturated carbocycles. The van der Waals surface area contributed by atoms with Gasteiger partial charge < -0.3 is 4.90 Å². The molecule has 1 aliphatic heterocycles. The van der Waals surface area contributed by atoms with Gasteiger partial charge in [0.05, 0.1) is 17.3 Å². The molecule has 0 radical (unpaired) electrons. The van der Waals surface area contributed by atoms with Gasteiger partial charge in [-0.3, -0.25) is 9.78 Å². The van der Waals surface area contributed by atoms with Crippen LogP contribution in [-0.2, 0) is 0 Å². The number of carbonyl (C=O) groups is 1. The third kappa shape index (κ3) is 2.93. The summed E-state index contributed by atoms with van der Waals surface area (Å²) in [5, 5.41) is 5.19. The Kier molecular flexibility index (Phi) is 3.81. The molecule has 0 bridgehead atoms. The van der Waals surface area contributed by atoms with Crippen LogP contribution in [0.3, 0.4) is 0 Å². The van der Waals surface area contributed by atoms with Gasteiger partial charge in [0, 0.05) is 48.5 Å². The molecule has 0 unspecified atom stereocenters. The van der Waals surface area contributed by atoms with Gasteiger partial charge in [-0.15, -0.1) is 0 Å². The minimum atomic E-state index is 0.0610. The molecule has 4 aromatic rings. The molecule has 5 rings (SSSR count). The normalized spacial score (nSPS) is 15.5. The smallest absolute Gasteiger partial charge is 0.255 e. The molecule has 3 aromatic heterocycles. The Morgan fingerprint density at radius 3 is 2.81 bits per heavy atom. The fourth-order valence-electron chi connectivity index (χ4n) is 3.80. The van der Waals surface area contributed by atoms with E-state index in [-0.39, 0.29) is 5.91 Å². The number of hydrogen-bond acceptors (Lipinski definition) is 4. The van der Waals surface area contributed by atoms with Crippen molar-refractivity contribution in [1.29, 1.82) is 0 Å². The van der Waals surface area contributed by atoms with Gasteiger partial charge in [0.15, 0.2) is 5.65 Å². The summed E-state index contributed by atoms with van der Waals surface area (Å²) in [5.41, 5.74) is 3.52. The van der Waals surface area contributed by atoms with Crippen LogP contribution in [0.1, 0.15) is 34.8 Å². The molecular weight excluding hydrogens is 338 g/mol. The van der Waals surface area contributed by atoms with Crippen molar-refractivity contribution in [1.82, 2.24) is 24.5 Å². The summed E-state index contributed by atoms with van der Waals surface area (Å²) < 4.78 is 1.77. The predicted octanol–water partition coefficient (Wildman–Crippen LogP) is 3.30. The fourth-order valence-corrected chi connectivity index (χ4v) is 3.80. The van der Waals surface area contributed by atoms with Crippen molar-refractivity contribution in [3.05, 3.63) is 72.3 Å². The number of para-hydroxylation sites is 1. The zero-order chi connectivity index (χ0) is 18.2. The van der Waals surface area contributed by atoms with Crippen molar-refractivity contribution in [3.63, 3.8) is 0 Å². The first-order valence-electron chi connectivity index (χ1n) is 9.22. The number of carbonyl (C=O) groups excluding carboxylic acids is 1. The van der Waals surface area contributed by atoms with Crippen LogP contribution in [0.5, 0.6) is 0 Å². The maximum absolute atomic E-state index is 12.9. The zero-order valence-corrected chi connectivity index (χ0v) is 14.8. The van der Waals surface area contributed by atoms with Crippen LogP contribution in [0.25, 0.3) is 16.6 Å². The lowest BCUT2D eigenvalue weighted by atomic mass is 9.93. The molecule has 0 aliphatic carbocycles.